The van der Waals surface area contributed by atoms with Crippen LogP contribution < -0.4 is 15.4 Å². The van der Waals surface area contributed by atoms with E-state index in [1.807, 2.05) is 13.8 Å². The molecule has 1 atom stereocenters. The van der Waals surface area contributed by atoms with Crippen LogP contribution in [0.4, 0.5) is 4.39 Å². The van der Waals surface area contributed by atoms with E-state index in [9.17, 15) is 4.39 Å². The van der Waals surface area contributed by atoms with Gasteiger partial charge in [0.25, 0.3) is 0 Å². The van der Waals surface area contributed by atoms with Crippen LogP contribution in [0, 0.1) is 5.82 Å². The van der Waals surface area contributed by atoms with Gasteiger partial charge in [0.15, 0.2) is 17.5 Å². The van der Waals surface area contributed by atoms with Gasteiger partial charge in [-0.2, -0.15) is 0 Å². The van der Waals surface area contributed by atoms with Crippen molar-refractivity contribution >= 4 is 5.96 Å². The van der Waals surface area contributed by atoms with Crippen molar-refractivity contribution < 1.29 is 18.6 Å². The van der Waals surface area contributed by atoms with E-state index in [-0.39, 0.29) is 17.7 Å². The van der Waals surface area contributed by atoms with Crippen LogP contribution in [-0.4, -0.2) is 58.6 Å². The van der Waals surface area contributed by atoms with Crippen LogP contribution in [0.1, 0.15) is 26.7 Å². The van der Waals surface area contributed by atoms with Crippen LogP contribution in [-0.2, 0) is 9.47 Å². The summed E-state index contributed by atoms with van der Waals surface area (Å²) in [4.78, 5) is 4.50. The molecule has 0 bridgehead atoms. The number of para-hydroxylation sites is 1. The first kappa shape index (κ1) is 22.2. The van der Waals surface area contributed by atoms with Gasteiger partial charge < -0.3 is 24.8 Å². The highest BCUT2D eigenvalue weighted by Crippen LogP contribution is 2.16. The molecule has 1 rings (SSSR count). The minimum absolute atomic E-state index is 0.225. The van der Waals surface area contributed by atoms with Crippen molar-refractivity contribution in [1.29, 1.82) is 0 Å². The predicted molar refractivity (Wildman–Crippen MR) is 102 cm³/mol. The van der Waals surface area contributed by atoms with Crippen molar-refractivity contribution in [3.05, 3.63) is 30.1 Å². The molecule has 0 heterocycles. The van der Waals surface area contributed by atoms with Gasteiger partial charge in [0.2, 0.25) is 0 Å². The zero-order valence-corrected chi connectivity index (χ0v) is 16.1. The minimum Gasteiger partial charge on any atom is -0.486 e. The summed E-state index contributed by atoms with van der Waals surface area (Å²) >= 11 is 0. The van der Waals surface area contributed by atoms with E-state index in [0.717, 1.165) is 38.5 Å². The van der Waals surface area contributed by atoms with Gasteiger partial charge in [-0.3, -0.25) is 0 Å². The molecule has 0 radical (unpaired) electrons. The first-order chi connectivity index (χ1) is 12.7. The molecule has 26 heavy (non-hydrogen) atoms. The molecule has 0 saturated heterocycles. The number of benzene rings is 1. The summed E-state index contributed by atoms with van der Waals surface area (Å²) in [6, 6.07) is 6.39. The van der Waals surface area contributed by atoms with E-state index in [4.69, 9.17) is 14.2 Å². The SMILES string of the molecule is CCNC(=NCC(C)Oc1ccccc1F)NCCCCOCCOC. The second kappa shape index (κ2) is 14.3. The lowest BCUT2D eigenvalue weighted by molar-refractivity contribution is 0.0689. The molecule has 0 amide bonds. The maximum absolute atomic E-state index is 13.6. The fourth-order valence-corrected chi connectivity index (χ4v) is 2.14. The largest absolute Gasteiger partial charge is 0.486 e. The van der Waals surface area contributed by atoms with E-state index in [1.54, 1.807) is 25.3 Å². The zero-order chi connectivity index (χ0) is 19.0. The molecule has 0 spiro atoms. The Morgan fingerprint density at radius 1 is 1.15 bits per heavy atom. The van der Waals surface area contributed by atoms with Gasteiger partial charge in [-0.05, 0) is 38.8 Å². The molecule has 1 aromatic carbocycles. The topological polar surface area (TPSA) is 64.1 Å². The van der Waals surface area contributed by atoms with Gasteiger partial charge in [0.05, 0.1) is 19.8 Å². The lowest BCUT2D eigenvalue weighted by Gasteiger charge is -2.15. The highest BCUT2D eigenvalue weighted by molar-refractivity contribution is 5.79. The molecule has 2 N–H and O–H groups in total. The Labute approximate surface area is 156 Å². The van der Waals surface area contributed by atoms with Gasteiger partial charge in [-0.15, -0.1) is 0 Å². The van der Waals surface area contributed by atoms with Crippen LogP contribution in [0.2, 0.25) is 0 Å². The number of nitrogens with one attached hydrogen (secondary N) is 2. The number of hydrogen-bond donors (Lipinski definition) is 2. The highest BCUT2D eigenvalue weighted by atomic mass is 19.1. The Bertz CT molecular complexity index is 515. The summed E-state index contributed by atoms with van der Waals surface area (Å²) in [7, 11) is 1.66. The number of rotatable bonds is 13. The molecule has 6 nitrogen and oxygen atoms in total. The molecule has 1 aromatic rings. The maximum Gasteiger partial charge on any atom is 0.191 e. The fraction of sp³-hybridized carbons (Fsp3) is 0.632. The summed E-state index contributed by atoms with van der Waals surface area (Å²) in [5.74, 6) is 0.625. The lowest BCUT2D eigenvalue weighted by atomic mass is 10.3. The summed E-state index contributed by atoms with van der Waals surface area (Å²) in [5.41, 5.74) is 0. The summed E-state index contributed by atoms with van der Waals surface area (Å²) in [6.45, 7) is 7.89. The van der Waals surface area contributed by atoms with Gasteiger partial charge in [0.1, 0.15) is 6.10 Å². The normalized spacial score (nSPS) is 12.7. The summed E-state index contributed by atoms with van der Waals surface area (Å²) in [5, 5.41) is 6.48. The number of ether oxygens (including phenoxy) is 3. The van der Waals surface area contributed by atoms with E-state index in [0.29, 0.717) is 19.8 Å². The van der Waals surface area contributed by atoms with Crippen molar-refractivity contribution in [3.63, 3.8) is 0 Å². The molecule has 148 valence electrons. The van der Waals surface area contributed by atoms with Gasteiger partial charge >= 0.3 is 0 Å². The van der Waals surface area contributed by atoms with Crippen LogP contribution in [0.15, 0.2) is 29.3 Å². The highest BCUT2D eigenvalue weighted by Gasteiger charge is 2.08. The van der Waals surface area contributed by atoms with Crippen LogP contribution in [0.3, 0.4) is 0 Å². The smallest absolute Gasteiger partial charge is 0.191 e. The molecule has 0 aliphatic carbocycles. The fourth-order valence-electron chi connectivity index (χ4n) is 2.14. The lowest BCUT2D eigenvalue weighted by Crippen LogP contribution is -2.38. The summed E-state index contributed by atoms with van der Waals surface area (Å²) in [6.07, 6.45) is 1.73. The first-order valence-electron chi connectivity index (χ1n) is 9.17. The number of nitrogens with zero attached hydrogens (tertiary/aromatic N) is 1. The molecule has 0 aromatic heterocycles. The Hall–Kier alpha value is -1.86. The molecular weight excluding hydrogens is 337 g/mol. The monoisotopic (exact) mass is 369 g/mol. The van der Waals surface area contributed by atoms with Crippen molar-refractivity contribution in [3.8, 4) is 5.75 Å². The van der Waals surface area contributed by atoms with Crippen molar-refractivity contribution in [1.82, 2.24) is 10.6 Å². The Balaban J connectivity index is 2.28. The zero-order valence-electron chi connectivity index (χ0n) is 16.1. The van der Waals surface area contributed by atoms with Gasteiger partial charge in [-0.25, -0.2) is 9.38 Å². The molecule has 0 fully saturated rings. The predicted octanol–water partition coefficient (Wildman–Crippen LogP) is 2.59. The summed E-state index contributed by atoms with van der Waals surface area (Å²) < 4.78 is 29.6. The average molecular weight is 369 g/mol. The first-order valence-corrected chi connectivity index (χ1v) is 9.17. The van der Waals surface area contributed by atoms with Crippen molar-refractivity contribution in [2.75, 3.05) is 46.6 Å². The standard InChI is InChI=1S/C19H32FN3O3/c1-4-21-19(22-11-7-8-12-25-14-13-24-3)23-15-16(2)26-18-10-6-5-9-17(18)20/h5-6,9-10,16H,4,7-8,11-15H2,1-3H3,(H2,21,22,23). The Morgan fingerprint density at radius 2 is 1.96 bits per heavy atom. The maximum atomic E-state index is 13.6. The third kappa shape index (κ3) is 10.2. The number of methoxy groups -OCH3 is 1. The molecule has 1 unspecified atom stereocenters. The average Bonchev–Trinajstić information content (AvgIpc) is 2.63. The Morgan fingerprint density at radius 3 is 2.69 bits per heavy atom. The minimum atomic E-state index is -0.360. The second-order valence-electron chi connectivity index (χ2n) is 5.82. The van der Waals surface area contributed by atoms with Gasteiger partial charge in [-0.1, -0.05) is 12.1 Å². The molecule has 0 saturated carbocycles. The molecule has 0 aliphatic heterocycles. The van der Waals surface area contributed by atoms with Crippen molar-refractivity contribution in [2.24, 2.45) is 4.99 Å². The Kier molecular flexibility index (Phi) is 12.2. The van der Waals surface area contributed by atoms with Crippen LogP contribution in [0.25, 0.3) is 0 Å². The van der Waals surface area contributed by atoms with E-state index >= 15 is 0 Å². The second-order valence-corrected chi connectivity index (χ2v) is 5.82. The van der Waals surface area contributed by atoms with E-state index in [2.05, 4.69) is 15.6 Å². The number of hydrogen-bond acceptors (Lipinski definition) is 4. The molecule has 7 heteroatoms. The quantitative estimate of drug-likeness (QED) is 0.318. The number of halogens is 1. The van der Waals surface area contributed by atoms with Crippen LogP contribution in [0.5, 0.6) is 5.75 Å². The van der Waals surface area contributed by atoms with E-state index < -0.39 is 0 Å². The van der Waals surface area contributed by atoms with Gasteiger partial charge in [0, 0.05) is 26.8 Å². The molecule has 0 aliphatic rings. The third-order valence-corrected chi connectivity index (χ3v) is 3.46. The third-order valence-electron chi connectivity index (χ3n) is 3.46. The number of aliphatic imine (C=N–C) groups is 1. The van der Waals surface area contributed by atoms with E-state index in [1.165, 1.54) is 6.07 Å². The number of guanidine groups is 1. The molecular formula is C19H32FN3O3. The van der Waals surface area contributed by atoms with Crippen LogP contribution >= 0.6 is 0 Å². The van der Waals surface area contributed by atoms with Crippen molar-refractivity contribution in [2.45, 2.75) is 32.8 Å². The number of unbranched alkanes of at least 4 members (excludes halogenated alkanes) is 1.